The SMILES string of the molecule is Cl.c1ccc(COc2cc3c(cn2)[nH]c2ccccc23)cc1. The van der Waals surface area contributed by atoms with Gasteiger partial charge >= 0.3 is 0 Å². The zero-order valence-electron chi connectivity index (χ0n) is 11.8. The number of benzene rings is 2. The first-order chi connectivity index (χ1) is 10.4. The molecule has 0 atom stereocenters. The number of hydrogen-bond acceptors (Lipinski definition) is 2. The molecule has 0 saturated heterocycles. The number of rotatable bonds is 3. The van der Waals surface area contributed by atoms with Crippen molar-refractivity contribution in [2.45, 2.75) is 6.61 Å². The highest BCUT2D eigenvalue weighted by atomic mass is 35.5. The molecule has 0 aliphatic rings. The maximum Gasteiger partial charge on any atom is 0.214 e. The lowest BCUT2D eigenvalue weighted by molar-refractivity contribution is 0.294. The van der Waals surface area contributed by atoms with Gasteiger partial charge in [-0.3, -0.25) is 0 Å². The number of para-hydroxylation sites is 1. The molecule has 2 aromatic heterocycles. The topological polar surface area (TPSA) is 37.9 Å². The molecule has 0 unspecified atom stereocenters. The Kier molecular flexibility index (Phi) is 3.98. The second kappa shape index (κ2) is 6.08. The summed E-state index contributed by atoms with van der Waals surface area (Å²) in [4.78, 5) is 7.72. The molecular weight excluding hydrogens is 296 g/mol. The highest BCUT2D eigenvalue weighted by Crippen LogP contribution is 2.27. The van der Waals surface area contributed by atoms with Crippen molar-refractivity contribution < 1.29 is 4.74 Å². The second-order valence-corrected chi connectivity index (χ2v) is 5.01. The number of H-pyrrole nitrogens is 1. The average molecular weight is 311 g/mol. The number of nitrogens with zero attached hydrogens (tertiary/aromatic N) is 1. The van der Waals surface area contributed by atoms with Crippen molar-refractivity contribution in [3.05, 3.63) is 72.4 Å². The van der Waals surface area contributed by atoms with Crippen LogP contribution in [0.25, 0.3) is 21.8 Å². The van der Waals surface area contributed by atoms with E-state index in [0.717, 1.165) is 22.0 Å². The molecule has 0 spiro atoms. The van der Waals surface area contributed by atoms with Crippen LogP contribution in [0.4, 0.5) is 0 Å². The van der Waals surface area contributed by atoms with Crippen LogP contribution in [-0.4, -0.2) is 9.97 Å². The van der Waals surface area contributed by atoms with E-state index in [9.17, 15) is 0 Å². The largest absolute Gasteiger partial charge is 0.473 e. The fraction of sp³-hybridized carbons (Fsp3) is 0.0556. The van der Waals surface area contributed by atoms with Crippen LogP contribution in [0.3, 0.4) is 0 Å². The van der Waals surface area contributed by atoms with E-state index in [1.54, 1.807) is 0 Å². The molecule has 1 N–H and O–H groups in total. The molecule has 0 fully saturated rings. The summed E-state index contributed by atoms with van der Waals surface area (Å²) in [6, 6.07) is 20.3. The third kappa shape index (κ3) is 2.63. The molecule has 0 aliphatic heterocycles. The summed E-state index contributed by atoms with van der Waals surface area (Å²) in [5.41, 5.74) is 3.29. The first kappa shape index (κ1) is 14.4. The molecule has 3 nitrogen and oxygen atoms in total. The first-order valence-corrected chi connectivity index (χ1v) is 6.93. The highest BCUT2D eigenvalue weighted by Gasteiger charge is 2.06. The number of aromatic nitrogens is 2. The minimum absolute atomic E-state index is 0. The Balaban J connectivity index is 0.00000144. The number of aromatic amines is 1. The summed E-state index contributed by atoms with van der Waals surface area (Å²) >= 11 is 0. The summed E-state index contributed by atoms with van der Waals surface area (Å²) in [5.74, 6) is 0.649. The van der Waals surface area contributed by atoms with E-state index in [1.165, 1.54) is 5.39 Å². The summed E-state index contributed by atoms with van der Waals surface area (Å²) in [7, 11) is 0. The lowest BCUT2D eigenvalue weighted by Crippen LogP contribution is -1.96. The van der Waals surface area contributed by atoms with E-state index in [-0.39, 0.29) is 12.4 Å². The van der Waals surface area contributed by atoms with Crippen molar-refractivity contribution in [3.8, 4) is 5.88 Å². The predicted molar refractivity (Wildman–Crippen MR) is 91.6 cm³/mol. The van der Waals surface area contributed by atoms with Gasteiger partial charge in [-0.05, 0) is 11.6 Å². The smallest absolute Gasteiger partial charge is 0.214 e. The Labute approximate surface area is 134 Å². The summed E-state index contributed by atoms with van der Waals surface area (Å²) < 4.78 is 5.79. The second-order valence-electron chi connectivity index (χ2n) is 5.01. The van der Waals surface area contributed by atoms with Gasteiger partial charge in [0, 0.05) is 22.4 Å². The van der Waals surface area contributed by atoms with Crippen LogP contribution in [0.5, 0.6) is 5.88 Å². The number of hydrogen-bond donors (Lipinski definition) is 1. The standard InChI is InChI=1S/C18H14N2O.ClH/c1-2-6-13(7-3-1)12-21-18-10-15-14-8-4-5-9-16(14)20-17(15)11-19-18;/h1-11,20H,12H2;1H. The minimum atomic E-state index is 0. The van der Waals surface area contributed by atoms with Gasteiger partial charge in [-0.15, -0.1) is 12.4 Å². The predicted octanol–water partition coefficient (Wildman–Crippen LogP) is 4.72. The van der Waals surface area contributed by atoms with E-state index in [1.807, 2.05) is 54.7 Å². The van der Waals surface area contributed by atoms with Gasteiger partial charge in [-0.1, -0.05) is 48.5 Å². The monoisotopic (exact) mass is 310 g/mol. The Morgan fingerprint density at radius 2 is 1.64 bits per heavy atom. The Morgan fingerprint density at radius 1 is 0.864 bits per heavy atom. The highest BCUT2D eigenvalue weighted by molar-refractivity contribution is 6.07. The van der Waals surface area contributed by atoms with Crippen LogP contribution in [0.15, 0.2) is 66.9 Å². The van der Waals surface area contributed by atoms with Crippen LogP contribution in [-0.2, 0) is 6.61 Å². The molecule has 0 amide bonds. The lowest BCUT2D eigenvalue weighted by Gasteiger charge is -2.05. The van der Waals surface area contributed by atoms with Gasteiger partial charge in [0.1, 0.15) is 6.61 Å². The fourth-order valence-electron chi connectivity index (χ4n) is 2.54. The van der Waals surface area contributed by atoms with Gasteiger partial charge in [-0.25, -0.2) is 4.98 Å². The van der Waals surface area contributed by atoms with Gasteiger partial charge in [0.2, 0.25) is 5.88 Å². The van der Waals surface area contributed by atoms with Gasteiger partial charge in [0.15, 0.2) is 0 Å². The van der Waals surface area contributed by atoms with Crippen LogP contribution in [0.2, 0.25) is 0 Å². The number of nitrogens with one attached hydrogen (secondary N) is 1. The van der Waals surface area contributed by atoms with Crippen molar-refractivity contribution >= 4 is 34.2 Å². The van der Waals surface area contributed by atoms with Gasteiger partial charge < -0.3 is 9.72 Å². The summed E-state index contributed by atoms with van der Waals surface area (Å²) in [5, 5.41) is 2.34. The maximum absolute atomic E-state index is 5.79. The zero-order chi connectivity index (χ0) is 14.1. The molecule has 4 heteroatoms. The quantitative estimate of drug-likeness (QED) is 0.594. The zero-order valence-corrected chi connectivity index (χ0v) is 12.6. The summed E-state index contributed by atoms with van der Waals surface area (Å²) in [6.07, 6.45) is 1.83. The van der Waals surface area contributed by atoms with Gasteiger partial charge in [0.25, 0.3) is 0 Å². The molecule has 0 radical (unpaired) electrons. The fourth-order valence-corrected chi connectivity index (χ4v) is 2.54. The number of pyridine rings is 1. The van der Waals surface area contributed by atoms with Crippen LogP contribution in [0.1, 0.15) is 5.56 Å². The molecule has 4 rings (SSSR count). The Bertz CT molecular complexity index is 903. The van der Waals surface area contributed by atoms with Crippen LogP contribution < -0.4 is 4.74 Å². The molecule has 110 valence electrons. The van der Waals surface area contributed by atoms with Crippen molar-refractivity contribution in [2.24, 2.45) is 0 Å². The third-order valence-corrected chi connectivity index (χ3v) is 3.59. The number of halogens is 1. The van der Waals surface area contributed by atoms with E-state index >= 15 is 0 Å². The van der Waals surface area contributed by atoms with Crippen LogP contribution in [0, 0.1) is 0 Å². The molecule has 4 aromatic rings. The summed E-state index contributed by atoms with van der Waals surface area (Å²) in [6.45, 7) is 0.529. The van der Waals surface area contributed by atoms with Crippen molar-refractivity contribution in [1.82, 2.24) is 9.97 Å². The van der Waals surface area contributed by atoms with Gasteiger partial charge in [0.05, 0.1) is 11.7 Å². The van der Waals surface area contributed by atoms with Crippen molar-refractivity contribution in [1.29, 1.82) is 0 Å². The van der Waals surface area contributed by atoms with E-state index < -0.39 is 0 Å². The molecule has 2 heterocycles. The molecular formula is C18H15ClN2O. The molecule has 2 aromatic carbocycles. The minimum Gasteiger partial charge on any atom is -0.473 e. The van der Waals surface area contributed by atoms with E-state index in [0.29, 0.717) is 12.5 Å². The number of ether oxygens (including phenoxy) is 1. The molecule has 0 saturated carbocycles. The molecule has 22 heavy (non-hydrogen) atoms. The number of fused-ring (bicyclic) bond motifs is 3. The maximum atomic E-state index is 5.79. The average Bonchev–Trinajstić information content (AvgIpc) is 2.92. The normalized spacial score (nSPS) is 10.5. The Hall–Kier alpha value is -2.52. The van der Waals surface area contributed by atoms with E-state index in [2.05, 4.69) is 22.1 Å². The molecule has 0 bridgehead atoms. The molecule has 0 aliphatic carbocycles. The van der Waals surface area contributed by atoms with Crippen molar-refractivity contribution in [3.63, 3.8) is 0 Å². The van der Waals surface area contributed by atoms with E-state index in [4.69, 9.17) is 4.74 Å². The van der Waals surface area contributed by atoms with Crippen LogP contribution >= 0.6 is 12.4 Å². The van der Waals surface area contributed by atoms with Crippen molar-refractivity contribution in [2.75, 3.05) is 0 Å². The lowest BCUT2D eigenvalue weighted by atomic mass is 10.2. The Morgan fingerprint density at radius 3 is 2.50 bits per heavy atom. The third-order valence-electron chi connectivity index (χ3n) is 3.59. The first-order valence-electron chi connectivity index (χ1n) is 6.93. The van der Waals surface area contributed by atoms with Gasteiger partial charge in [-0.2, -0.15) is 0 Å².